The van der Waals surface area contributed by atoms with E-state index in [0.29, 0.717) is 42.5 Å². The molecule has 1 saturated heterocycles. The lowest BCUT2D eigenvalue weighted by molar-refractivity contribution is 0.287. The fourth-order valence-corrected chi connectivity index (χ4v) is 5.07. The van der Waals surface area contributed by atoms with Crippen molar-refractivity contribution in [1.29, 1.82) is 0 Å². The molecular weight excluding hydrogens is 476 g/mol. The van der Waals surface area contributed by atoms with Gasteiger partial charge in [-0.15, -0.1) is 0 Å². The lowest BCUT2D eigenvalue weighted by Gasteiger charge is -2.34. The monoisotopic (exact) mass is 505 g/mol. The number of anilines is 2. The van der Waals surface area contributed by atoms with Crippen molar-refractivity contribution in [3.05, 3.63) is 59.8 Å². The van der Waals surface area contributed by atoms with Crippen LogP contribution in [0.2, 0.25) is 0 Å². The predicted octanol–water partition coefficient (Wildman–Crippen LogP) is 3.91. The summed E-state index contributed by atoms with van der Waals surface area (Å²) in [7, 11) is 0. The molecule has 6 rings (SSSR count). The van der Waals surface area contributed by atoms with Crippen LogP contribution in [-0.4, -0.2) is 65.3 Å². The summed E-state index contributed by atoms with van der Waals surface area (Å²) in [5.41, 5.74) is 3.93. The Morgan fingerprint density at radius 1 is 1.03 bits per heavy atom. The van der Waals surface area contributed by atoms with Crippen LogP contribution >= 0.6 is 0 Å². The minimum atomic E-state index is -0.610. The van der Waals surface area contributed by atoms with E-state index < -0.39 is 11.6 Å². The SMILES string of the molecule is CC(C)N1CCOc2c(F)cc(-c3nc(Cc4nc5ccc(N6CCNCC6)cc5[nH]4)ncc3F)cc21. The first-order valence-electron chi connectivity index (χ1n) is 12.7. The molecule has 2 aromatic carbocycles. The Balaban J connectivity index is 1.30. The summed E-state index contributed by atoms with van der Waals surface area (Å²) in [6, 6.07) is 9.35. The van der Waals surface area contributed by atoms with Crippen molar-refractivity contribution in [2.24, 2.45) is 0 Å². The largest absolute Gasteiger partial charge is 0.486 e. The first-order valence-corrected chi connectivity index (χ1v) is 12.7. The van der Waals surface area contributed by atoms with E-state index in [1.165, 1.54) is 6.07 Å². The molecule has 0 unspecified atom stereocenters. The normalized spacial score (nSPS) is 15.8. The number of ether oxygens (including phenoxy) is 1. The molecule has 4 aromatic rings. The molecule has 0 spiro atoms. The number of nitrogens with one attached hydrogen (secondary N) is 2. The van der Waals surface area contributed by atoms with Gasteiger partial charge in [-0.05, 0) is 44.2 Å². The second kappa shape index (κ2) is 9.59. The molecule has 8 nitrogen and oxygen atoms in total. The molecule has 2 N–H and O–H groups in total. The summed E-state index contributed by atoms with van der Waals surface area (Å²) in [6.45, 7) is 8.95. The molecule has 2 aliphatic rings. The zero-order valence-electron chi connectivity index (χ0n) is 20.9. The van der Waals surface area contributed by atoms with E-state index in [2.05, 4.69) is 47.2 Å². The van der Waals surface area contributed by atoms with Crippen molar-refractivity contribution in [2.45, 2.75) is 26.3 Å². The summed E-state index contributed by atoms with van der Waals surface area (Å²) < 4.78 is 35.4. The number of aromatic nitrogens is 4. The van der Waals surface area contributed by atoms with Gasteiger partial charge in [0.2, 0.25) is 0 Å². The Labute approximate surface area is 213 Å². The summed E-state index contributed by atoms with van der Waals surface area (Å²) in [6.07, 6.45) is 1.43. The van der Waals surface area contributed by atoms with Crippen LogP contribution in [0.3, 0.4) is 0 Å². The smallest absolute Gasteiger partial charge is 0.178 e. The number of hydrogen-bond acceptors (Lipinski definition) is 7. The number of benzene rings is 2. The van der Waals surface area contributed by atoms with Crippen molar-refractivity contribution < 1.29 is 13.5 Å². The van der Waals surface area contributed by atoms with E-state index in [-0.39, 0.29) is 17.5 Å². The zero-order valence-corrected chi connectivity index (χ0v) is 20.9. The molecule has 2 aliphatic heterocycles. The van der Waals surface area contributed by atoms with Gasteiger partial charge in [0.25, 0.3) is 0 Å². The molecule has 4 heterocycles. The molecule has 1 fully saturated rings. The van der Waals surface area contributed by atoms with Crippen LogP contribution in [0.5, 0.6) is 5.75 Å². The topological polar surface area (TPSA) is 82.2 Å². The van der Waals surface area contributed by atoms with Crippen LogP contribution in [0.1, 0.15) is 25.5 Å². The molecule has 0 atom stereocenters. The summed E-state index contributed by atoms with van der Waals surface area (Å²) in [4.78, 5) is 21.1. The van der Waals surface area contributed by atoms with E-state index in [9.17, 15) is 8.78 Å². The molecule has 10 heteroatoms. The van der Waals surface area contributed by atoms with Gasteiger partial charge in [0.05, 0.1) is 35.9 Å². The minimum Gasteiger partial charge on any atom is -0.486 e. The maximum atomic E-state index is 15.0. The van der Waals surface area contributed by atoms with Gasteiger partial charge in [0, 0.05) is 43.5 Å². The Morgan fingerprint density at radius 3 is 2.68 bits per heavy atom. The second-order valence-electron chi connectivity index (χ2n) is 9.72. The molecule has 0 radical (unpaired) electrons. The number of H-pyrrole nitrogens is 1. The highest BCUT2D eigenvalue weighted by molar-refractivity contribution is 5.80. The van der Waals surface area contributed by atoms with E-state index in [4.69, 9.17) is 4.74 Å². The highest BCUT2D eigenvalue weighted by Gasteiger charge is 2.26. The van der Waals surface area contributed by atoms with Gasteiger partial charge in [-0.3, -0.25) is 0 Å². The fraction of sp³-hybridized carbons (Fsp3) is 0.370. The number of nitrogens with zero attached hydrogens (tertiary/aromatic N) is 5. The summed E-state index contributed by atoms with van der Waals surface area (Å²) in [5.74, 6) is 0.130. The fourth-order valence-electron chi connectivity index (χ4n) is 5.07. The number of rotatable bonds is 5. The van der Waals surface area contributed by atoms with Crippen molar-refractivity contribution >= 4 is 22.4 Å². The number of hydrogen-bond donors (Lipinski definition) is 2. The van der Waals surface area contributed by atoms with Crippen LogP contribution in [0, 0.1) is 11.6 Å². The third-order valence-electron chi connectivity index (χ3n) is 6.93. The number of fused-ring (bicyclic) bond motifs is 2. The van der Waals surface area contributed by atoms with E-state index in [1.807, 2.05) is 19.9 Å². The Hall–Kier alpha value is -3.79. The highest BCUT2D eigenvalue weighted by atomic mass is 19.1. The number of halogens is 2. The number of piperazine rings is 1. The van der Waals surface area contributed by atoms with Gasteiger partial charge in [0.1, 0.15) is 23.9 Å². The first kappa shape index (κ1) is 23.6. The maximum Gasteiger partial charge on any atom is 0.178 e. The maximum absolute atomic E-state index is 15.0. The van der Waals surface area contributed by atoms with Gasteiger partial charge in [-0.2, -0.15) is 0 Å². The zero-order chi connectivity index (χ0) is 25.5. The van der Waals surface area contributed by atoms with Crippen molar-refractivity contribution in [3.63, 3.8) is 0 Å². The number of aromatic amines is 1. The third-order valence-corrected chi connectivity index (χ3v) is 6.93. The summed E-state index contributed by atoms with van der Waals surface area (Å²) in [5, 5.41) is 3.37. The van der Waals surface area contributed by atoms with E-state index >= 15 is 0 Å². The van der Waals surface area contributed by atoms with Gasteiger partial charge in [-0.1, -0.05) is 0 Å². The van der Waals surface area contributed by atoms with Crippen LogP contribution in [-0.2, 0) is 6.42 Å². The van der Waals surface area contributed by atoms with Crippen molar-refractivity contribution in [2.75, 3.05) is 49.1 Å². The third kappa shape index (κ3) is 4.57. The van der Waals surface area contributed by atoms with Crippen LogP contribution in [0.4, 0.5) is 20.2 Å². The molecule has 0 bridgehead atoms. The van der Waals surface area contributed by atoms with E-state index in [1.54, 1.807) is 6.07 Å². The van der Waals surface area contributed by atoms with Crippen LogP contribution in [0.15, 0.2) is 36.5 Å². The Kier molecular flexibility index (Phi) is 6.11. The lowest BCUT2D eigenvalue weighted by Crippen LogP contribution is -2.43. The van der Waals surface area contributed by atoms with Crippen molar-refractivity contribution in [3.8, 4) is 17.0 Å². The standard InChI is InChI=1S/C27H29F2N7O/c1-16(2)36-9-10-37-27-19(28)11-17(12-23(27)36)26-20(29)15-31-24(34-26)14-25-32-21-4-3-18(13-22(21)33-25)35-7-5-30-6-8-35/h3-4,11-13,15-16,30H,5-10,14H2,1-2H3,(H,32,33). The van der Waals surface area contributed by atoms with Crippen LogP contribution in [0.25, 0.3) is 22.3 Å². The second-order valence-corrected chi connectivity index (χ2v) is 9.72. The van der Waals surface area contributed by atoms with Crippen molar-refractivity contribution in [1.82, 2.24) is 25.3 Å². The minimum absolute atomic E-state index is 0.0538. The lowest BCUT2D eigenvalue weighted by atomic mass is 10.1. The molecular formula is C27H29F2N7O. The highest BCUT2D eigenvalue weighted by Crippen LogP contribution is 2.39. The van der Waals surface area contributed by atoms with Gasteiger partial charge >= 0.3 is 0 Å². The van der Waals surface area contributed by atoms with Gasteiger partial charge in [-0.25, -0.2) is 23.7 Å². The molecule has 192 valence electrons. The summed E-state index contributed by atoms with van der Waals surface area (Å²) >= 11 is 0. The molecule has 0 aliphatic carbocycles. The molecule has 0 saturated carbocycles. The molecule has 2 aromatic heterocycles. The predicted molar refractivity (Wildman–Crippen MR) is 139 cm³/mol. The van der Waals surface area contributed by atoms with Crippen LogP contribution < -0.4 is 19.9 Å². The quantitative estimate of drug-likeness (QED) is 0.426. The number of imidazole rings is 1. The van der Waals surface area contributed by atoms with E-state index in [0.717, 1.165) is 49.1 Å². The van der Waals surface area contributed by atoms with Gasteiger partial charge < -0.3 is 24.8 Å². The average Bonchev–Trinajstić information content (AvgIpc) is 3.31. The van der Waals surface area contributed by atoms with Gasteiger partial charge in [0.15, 0.2) is 17.4 Å². The molecule has 0 amide bonds. The first-order chi connectivity index (χ1) is 18.0. The Bertz CT molecular complexity index is 1450. The molecule has 37 heavy (non-hydrogen) atoms. The average molecular weight is 506 g/mol. The Morgan fingerprint density at radius 2 is 1.86 bits per heavy atom.